The van der Waals surface area contributed by atoms with Crippen LogP contribution in [0.3, 0.4) is 0 Å². The minimum atomic E-state index is -0.694. The average Bonchev–Trinajstić information content (AvgIpc) is 3.38. The van der Waals surface area contributed by atoms with Gasteiger partial charge in [-0.25, -0.2) is 0 Å². The largest absolute Gasteiger partial charge is 0.369 e. The number of amides is 2. The summed E-state index contributed by atoms with van der Waals surface area (Å²) in [6.07, 6.45) is 1.69. The Kier molecular flexibility index (Phi) is 8.62. The van der Waals surface area contributed by atoms with Crippen molar-refractivity contribution < 1.29 is 9.59 Å². The minimum Gasteiger partial charge on any atom is -0.369 e. The number of anilines is 1. The molecule has 1 fully saturated rings. The second kappa shape index (κ2) is 13.0. The Bertz CT molecular complexity index is 1720. The van der Waals surface area contributed by atoms with Crippen molar-refractivity contribution in [2.45, 2.75) is 55.0 Å². The monoisotopic (exact) mass is 630 g/mol. The van der Waals surface area contributed by atoms with Crippen molar-refractivity contribution in [1.82, 2.24) is 15.1 Å². The third-order valence-electron chi connectivity index (χ3n) is 9.83. The third kappa shape index (κ3) is 5.71. The number of hydrogen-bond acceptors (Lipinski definition) is 5. The Labute approximate surface area is 276 Å². The van der Waals surface area contributed by atoms with Crippen LogP contribution in [0.25, 0.3) is 0 Å². The van der Waals surface area contributed by atoms with Gasteiger partial charge in [0.05, 0.1) is 0 Å². The second-order valence-electron chi connectivity index (χ2n) is 12.8. The highest BCUT2D eigenvalue weighted by Gasteiger charge is 2.46. The van der Waals surface area contributed by atoms with Crippen molar-refractivity contribution in [1.29, 1.82) is 0 Å². The van der Waals surface area contributed by atoms with Crippen LogP contribution in [-0.4, -0.2) is 60.9 Å². The van der Waals surface area contributed by atoms with Crippen molar-refractivity contribution in [2.75, 3.05) is 44.2 Å². The fraction of sp³-hybridized carbons (Fsp3) is 0.333. The number of nitrogens with one attached hydrogen (secondary N) is 1. The van der Waals surface area contributed by atoms with Gasteiger partial charge in [-0.3, -0.25) is 14.5 Å². The predicted molar refractivity (Wildman–Crippen MR) is 186 cm³/mol. The van der Waals surface area contributed by atoms with Crippen molar-refractivity contribution in [3.8, 4) is 0 Å². The lowest BCUT2D eigenvalue weighted by Crippen LogP contribution is -2.49. The fourth-order valence-corrected chi connectivity index (χ4v) is 8.76. The molecule has 0 saturated carbocycles. The van der Waals surface area contributed by atoms with Crippen LogP contribution in [0.15, 0.2) is 101 Å². The van der Waals surface area contributed by atoms with Gasteiger partial charge in [0.25, 0.3) is 5.91 Å². The molecule has 4 aromatic carbocycles. The van der Waals surface area contributed by atoms with Gasteiger partial charge in [-0.1, -0.05) is 84.1 Å². The summed E-state index contributed by atoms with van der Waals surface area (Å²) >= 11 is 1.77. The molecule has 0 radical (unpaired) electrons. The van der Waals surface area contributed by atoms with Gasteiger partial charge in [-0.05, 0) is 79.8 Å². The summed E-state index contributed by atoms with van der Waals surface area (Å²) in [5, 5.41) is 3.19. The lowest BCUT2D eigenvalue weighted by Gasteiger charge is -2.40. The highest BCUT2D eigenvalue weighted by Crippen LogP contribution is 2.51. The van der Waals surface area contributed by atoms with E-state index >= 15 is 0 Å². The lowest BCUT2D eigenvalue weighted by molar-refractivity contribution is -0.125. The fourth-order valence-electron chi connectivity index (χ4n) is 7.52. The second-order valence-corrected chi connectivity index (χ2v) is 13.9. The zero-order valence-electron chi connectivity index (χ0n) is 26.8. The summed E-state index contributed by atoms with van der Waals surface area (Å²) in [7, 11) is 0. The highest BCUT2D eigenvalue weighted by molar-refractivity contribution is 7.99. The molecular formula is C39H42N4O2S. The third-order valence-corrected chi connectivity index (χ3v) is 11.0. The highest BCUT2D eigenvalue weighted by atomic mass is 32.2. The smallest absolute Gasteiger partial charge is 0.254 e. The molecule has 0 atom stereocenters. The molecule has 1 N–H and O–H groups in total. The summed E-state index contributed by atoms with van der Waals surface area (Å²) < 4.78 is 0. The van der Waals surface area contributed by atoms with Crippen molar-refractivity contribution in [3.63, 3.8) is 0 Å². The van der Waals surface area contributed by atoms with E-state index in [0.29, 0.717) is 19.6 Å². The number of benzene rings is 4. The van der Waals surface area contributed by atoms with Gasteiger partial charge in [0, 0.05) is 66.9 Å². The number of fused-ring (bicyclic) bond motifs is 3. The summed E-state index contributed by atoms with van der Waals surface area (Å²) in [5.74, 6) is 0.228. The van der Waals surface area contributed by atoms with E-state index in [1.54, 1.807) is 11.8 Å². The number of nitrogens with zero attached hydrogens (tertiary/aromatic N) is 3. The van der Waals surface area contributed by atoms with E-state index in [1.807, 2.05) is 11.8 Å². The number of hydrogen-bond donors (Lipinski definition) is 1. The molecule has 2 amide bonds. The molecule has 0 aromatic heterocycles. The maximum atomic E-state index is 14.0. The molecule has 0 spiro atoms. The molecule has 7 heteroatoms. The molecule has 236 valence electrons. The standard InChI is InChI=1S/C39H42N4O2S/c1-3-40-38(45)39(33-12-4-6-14-35(33)46-36-15-7-5-13-34(36)39)18-9-19-41-20-22-42(23-21-41)31-17-16-30-27-43(37(44)32(30)25-31)26-29-11-8-10-28(2)24-29/h4-8,10-17,24-25H,3,9,18-23,26-27H2,1-2H3,(H,40,45). The Morgan fingerprint density at radius 1 is 0.870 bits per heavy atom. The lowest BCUT2D eigenvalue weighted by atomic mass is 9.70. The normalized spacial score (nSPS) is 17.0. The first kappa shape index (κ1) is 30.6. The first-order valence-corrected chi connectivity index (χ1v) is 17.4. The van der Waals surface area contributed by atoms with Gasteiger partial charge in [0.1, 0.15) is 5.41 Å². The van der Waals surface area contributed by atoms with E-state index in [9.17, 15) is 9.59 Å². The number of likely N-dealkylation sites (N-methyl/N-ethyl adjacent to an activating group) is 1. The minimum absolute atomic E-state index is 0.101. The zero-order chi connectivity index (χ0) is 31.7. The topological polar surface area (TPSA) is 55.9 Å². The molecule has 0 unspecified atom stereocenters. The molecule has 7 rings (SSSR count). The maximum Gasteiger partial charge on any atom is 0.254 e. The van der Waals surface area contributed by atoms with Crippen molar-refractivity contribution in [3.05, 3.63) is 124 Å². The van der Waals surface area contributed by atoms with Crippen LogP contribution in [-0.2, 0) is 23.3 Å². The molecule has 46 heavy (non-hydrogen) atoms. The number of piperazine rings is 1. The van der Waals surface area contributed by atoms with Gasteiger partial charge in [0.15, 0.2) is 0 Å². The Balaban J connectivity index is 1.00. The molecule has 0 aliphatic carbocycles. The van der Waals surface area contributed by atoms with Gasteiger partial charge >= 0.3 is 0 Å². The summed E-state index contributed by atoms with van der Waals surface area (Å²) in [4.78, 5) is 36.6. The van der Waals surface area contributed by atoms with Crippen LogP contribution < -0.4 is 10.2 Å². The van der Waals surface area contributed by atoms with E-state index in [2.05, 4.69) is 113 Å². The maximum absolute atomic E-state index is 14.0. The first-order chi connectivity index (χ1) is 22.5. The Morgan fingerprint density at radius 3 is 2.28 bits per heavy atom. The molecule has 4 aromatic rings. The van der Waals surface area contributed by atoms with E-state index in [1.165, 1.54) is 20.9 Å². The van der Waals surface area contributed by atoms with Crippen LogP contribution in [0.5, 0.6) is 0 Å². The van der Waals surface area contributed by atoms with Gasteiger partial charge < -0.3 is 15.1 Å². The zero-order valence-corrected chi connectivity index (χ0v) is 27.6. The molecular weight excluding hydrogens is 589 g/mol. The van der Waals surface area contributed by atoms with E-state index in [-0.39, 0.29) is 11.8 Å². The molecule has 0 bridgehead atoms. The Morgan fingerprint density at radius 2 is 1.59 bits per heavy atom. The van der Waals surface area contributed by atoms with E-state index in [0.717, 1.165) is 73.5 Å². The van der Waals surface area contributed by atoms with Crippen molar-refractivity contribution in [2.24, 2.45) is 0 Å². The summed E-state index contributed by atoms with van der Waals surface area (Å²) in [5.41, 5.74) is 7.03. The quantitative estimate of drug-likeness (QED) is 0.225. The van der Waals surface area contributed by atoms with Crippen LogP contribution in [0.2, 0.25) is 0 Å². The number of aryl methyl sites for hydroxylation is 1. The van der Waals surface area contributed by atoms with Crippen LogP contribution in [0, 0.1) is 6.92 Å². The molecule has 3 heterocycles. The molecule has 3 aliphatic rings. The van der Waals surface area contributed by atoms with Gasteiger partial charge in [-0.2, -0.15) is 0 Å². The van der Waals surface area contributed by atoms with Gasteiger partial charge in [-0.15, -0.1) is 0 Å². The van der Waals surface area contributed by atoms with E-state index < -0.39 is 5.41 Å². The number of rotatable bonds is 9. The first-order valence-electron chi connectivity index (χ1n) is 16.6. The Hall–Kier alpha value is -4.07. The van der Waals surface area contributed by atoms with Crippen LogP contribution >= 0.6 is 11.8 Å². The average molecular weight is 631 g/mol. The molecule has 6 nitrogen and oxygen atoms in total. The van der Waals surface area contributed by atoms with Gasteiger partial charge in [0.2, 0.25) is 5.91 Å². The summed E-state index contributed by atoms with van der Waals surface area (Å²) in [6, 6.07) is 31.7. The van der Waals surface area contributed by atoms with E-state index in [4.69, 9.17) is 0 Å². The SMILES string of the molecule is CCNC(=O)C1(CCCN2CCN(c3ccc4c(c3)C(=O)N(Cc3cccc(C)c3)C4)CC2)c2ccccc2Sc2ccccc21. The molecule has 1 saturated heterocycles. The van der Waals surface area contributed by atoms with Crippen LogP contribution in [0.1, 0.15) is 57.9 Å². The van der Waals surface area contributed by atoms with Crippen molar-refractivity contribution >= 4 is 29.3 Å². The number of carbonyl (C=O) groups is 2. The van der Waals surface area contributed by atoms with Crippen LogP contribution in [0.4, 0.5) is 5.69 Å². The summed E-state index contributed by atoms with van der Waals surface area (Å²) in [6.45, 7) is 10.7. The predicted octanol–water partition coefficient (Wildman–Crippen LogP) is 6.64. The molecule has 3 aliphatic heterocycles. The number of carbonyl (C=O) groups excluding carboxylic acids is 2.